The number of unbranched alkanes of at least 4 members (excludes halogenated alkanes) is 2. The van der Waals surface area contributed by atoms with Crippen molar-refractivity contribution in [3.63, 3.8) is 0 Å². The van der Waals surface area contributed by atoms with E-state index in [2.05, 4.69) is 10.1 Å². The van der Waals surface area contributed by atoms with Gasteiger partial charge in [-0.1, -0.05) is 6.42 Å². The maximum absolute atomic E-state index is 10.5. The number of methoxy groups -OCH3 is 1. The van der Waals surface area contributed by atoms with Crippen molar-refractivity contribution in [2.24, 2.45) is 5.73 Å². The first-order chi connectivity index (χ1) is 6.16. The van der Waals surface area contributed by atoms with E-state index in [0.29, 0.717) is 13.0 Å². The van der Waals surface area contributed by atoms with Crippen LogP contribution in [0.1, 0.15) is 25.7 Å². The zero-order valence-electron chi connectivity index (χ0n) is 7.84. The Kier molecular flexibility index (Phi) is 6.68. The molecule has 0 fully saturated rings. The van der Waals surface area contributed by atoms with Gasteiger partial charge in [0.05, 0.1) is 7.11 Å². The van der Waals surface area contributed by atoms with Gasteiger partial charge in [0.15, 0.2) is 0 Å². The fraction of sp³-hybridized carbons (Fsp3) is 0.750. The van der Waals surface area contributed by atoms with Gasteiger partial charge in [0.1, 0.15) is 0 Å². The summed E-state index contributed by atoms with van der Waals surface area (Å²) in [5.41, 5.74) is 4.95. The monoisotopic (exact) mass is 188 g/mol. The van der Waals surface area contributed by atoms with Crippen LogP contribution in [0.15, 0.2) is 0 Å². The molecule has 3 N–H and O–H groups in total. The zero-order chi connectivity index (χ0) is 10.1. The molecule has 5 heteroatoms. The van der Waals surface area contributed by atoms with Gasteiger partial charge in [-0.05, 0) is 12.8 Å². The lowest BCUT2D eigenvalue weighted by Crippen LogP contribution is -2.23. The van der Waals surface area contributed by atoms with Crippen molar-refractivity contribution in [1.82, 2.24) is 5.32 Å². The molecule has 0 atom stereocenters. The summed E-state index contributed by atoms with van der Waals surface area (Å²) in [6, 6.07) is 0. The molecule has 0 aliphatic heterocycles. The maximum atomic E-state index is 10.5. The second-order valence-corrected chi connectivity index (χ2v) is 2.70. The van der Waals surface area contributed by atoms with Crippen LogP contribution in [0, 0.1) is 0 Å². The van der Waals surface area contributed by atoms with E-state index in [4.69, 9.17) is 5.73 Å². The van der Waals surface area contributed by atoms with Crippen molar-refractivity contribution >= 4 is 12.0 Å². The van der Waals surface area contributed by atoms with Crippen molar-refractivity contribution in [1.29, 1.82) is 0 Å². The van der Waals surface area contributed by atoms with E-state index in [9.17, 15) is 9.59 Å². The van der Waals surface area contributed by atoms with Gasteiger partial charge < -0.3 is 15.8 Å². The van der Waals surface area contributed by atoms with Crippen molar-refractivity contribution in [3.05, 3.63) is 0 Å². The fourth-order valence-electron chi connectivity index (χ4n) is 0.864. The molecule has 0 saturated heterocycles. The van der Waals surface area contributed by atoms with Crippen LogP contribution < -0.4 is 11.1 Å². The van der Waals surface area contributed by atoms with Gasteiger partial charge in [0.2, 0.25) is 5.91 Å². The topological polar surface area (TPSA) is 81.4 Å². The Bertz CT molecular complexity index is 171. The smallest absolute Gasteiger partial charge is 0.406 e. The summed E-state index contributed by atoms with van der Waals surface area (Å²) in [7, 11) is 1.32. The Balaban J connectivity index is 3.08. The van der Waals surface area contributed by atoms with Gasteiger partial charge in [-0.25, -0.2) is 4.79 Å². The first kappa shape index (κ1) is 11.7. The second kappa shape index (κ2) is 7.39. The first-order valence-corrected chi connectivity index (χ1v) is 4.27. The molecule has 0 aromatic heterocycles. The van der Waals surface area contributed by atoms with Crippen molar-refractivity contribution in [2.45, 2.75) is 25.7 Å². The number of amides is 2. The van der Waals surface area contributed by atoms with E-state index in [0.717, 1.165) is 19.3 Å². The molecule has 13 heavy (non-hydrogen) atoms. The summed E-state index contributed by atoms with van der Waals surface area (Å²) >= 11 is 0. The number of hydrogen-bond donors (Lipinski definition) is 2. The molecule has 0 aromatic rings. The predicted molar refractivity (Wildman–Crippen MR) is 48.1 cm³/mol. The van der Waals surface area contributed by atoms with Crippen LogP contribution in [-0.2, 0) is 9.53 Å². The molecule has 0 radical (unpaired) electrons. The summed E-state index contributed by atoms with van der Waals surface area (Å²) in [6.07, 6.45) is 2.49. The first-order valence-electron chi connectivity index (χ1n) is 4.27. The van der Waals surface area contributed by atoms with Gasteiger partial charge in [-0.15, -0.1) is 0 Å². The van der Waals surface area contributed by atoms with Gasteiger partial charge in [0, 0.05) is 13.0 Å². The number of hydrogen-bond acceptors (Lipinski definition) is 3. The van der Waals surface area contributed by atoms with Gasteiger partial charge >= 0.3 is 6.09 Å². The highest BCUT2D eigenvalue weighted by molar-refractivity contribution is 5.73. The van der Waals surface area contributed by atoms with E-state index >= 15 is 0 Å². The molecular formula is C8H16N2O3. The van der Waals surface area contributed by atoms with Crippen LogP contribution in [0.3, 0.4) is 0 Å². The minimum Gasteiger partial charge on any atom is -0.453 e. The Morgan fingerprint density at radius 2 is 2.00 bits per heavy atom. The third kappa shape index (κ3) is 8.65. The summed E-state index contributed by atoms with van der Waals surface area (Å²) in [4.78, 5) is 20.9. The molecule has 0 spiro atoms. The molecule has 0 aromatic carbocycles. The molecule has 0 saturated carbocycles. The van der Waals surface area contributed by atoms with E-state index in [1.807, 2.05) is 0 Å². The number of ether oxygens (including phenoxy) is 1. The van der Waals surface area contributed by atoms with E-state index in [-0.39, 0.29) is 5.91 Å². The van der Waals surface area contributed by atoms with Crippen LogP contribution >= 0.6 is 0 Å². The summed E-state index contributed by atoms with van der Waals surface area (Å²) in [5, 5.41) is 2.54. The molecule has 2 amide bonds. The summed E-state index contributed by atoms with van der Waals surface area (Å²) in [6.45, 7) is 0.575. The summed E-state index contributed by atoms with van der Waals surface area (Å²) in [5.74, 6) is -0.277. The van der Waals surface area contributed by atoms with Crippen LogP contribution in [0.2, 0.25) is 0 Å². The third-order valence-corrected chi connectivity index (χ3v) is 1.55. The van der Waals surface area contributed by atoms with Crippen LogP contribution in [-0.4, -0.2) is 25.7 Å². The predicted octanol–water partition coefficient (Wildman–Crippen LogP) is 0.388. The fourth-order valence-corrected chi connectivity index (χ4v) is 0.864. The summed E-state index contributed by atoms with van der Waals surface area (Å²) < 4.78 is 4.37. The molecule has 0 unspecified atom stereocenters. The number of carbonyl (C=O) groups excluding carboxylic acids is 2. The molecule has 0 aliphatic carbocycles. The third-order valence-electron chi connectivity index (χ3n) is 1.55. The average Bonchev–Trinajstić information content (AvgIpc) is 2.10. The molecule has 0 bridgehead atoms. The number of rotatable bonds is 6. The maximum Gasteiger partial charge on any atom is 0.406 e. The number of alkyl carbamates (subject to hydrolysis) is 1. The molecule has 76 valence electrons. The number of nitrogens with one attached hydrogen (secondary N) is 1. The molecular weight excluding hydrogens is 172 g/mol. The molecule has 5 nitrogen and oxygen atoms in total. The zero-order valence-corrected chi connectivity index (χ0v) is 7.84. The van der Waals surface area contributed by atoms with E-state index < -0.39 is 6.09 Å². The lowest BCUT2D eigenvalue weighted by Gasteiger charge is -2.02. The molecule has 0 aliphatic rings. The Hall–Kier alpha value is -1.26. The minimum atomic E-state index is -0.421. The molecule has 0 heterocycles. The Morgan fingerprint density at radius 1 is 1.31 bits per heavy atom. The highest BCUT2D eigenvalue weighted by atomic mass is 16.5. The average molecular weight is 188 g/mol. The van der Waals surface area contributed by atoms with Crippen molar-refractivity contribution in [2.75, 3.05) is 13.7 Å². The van der Waals surface area contributed by atoms with Gasteiger partial charge in [-0.2, -0.15) is 0 Å². The number of primary amides is 1. The Labute approximate surface area is 77.6 Å². The largest absolute Gasteiger partial charge is 0.453 e. The second-order valence-electron chi connectivity index (χ2n) is 2.70. The minimum absolute atomic E-state index is 0.277. The van der Waals surface area contributed by atoms with Gasteiger partial charge in [0.25, 0.3) is 0 Å². The number of nitrogens with two attached hydrogens (primary N) is 1. The highest BCUT2D eigenvalue weighted by Crippen LogP contribution is 1.97. The number of carbonyl (C=O) groups is 2. The van der Waals surface area contributed by atoms with E-state index in [1.54, 1.807) is 0 Å². The van der Waals surface area contributed by atoms with Gasteiger partial charge in [-0.3, -0.25) is 4.79 Å². The van der Waals surface area contributed by atoms with Crippen molar-refractivity contribution in [3.8, 4) is 0 Å². The van der Waals surface area contributed by atoms with E-state index in [1.165, 1.54) is 7.11 Å². The van der Waals surface area contributed by atoms with Crippen LogP contribution in [0.5, 0.6) is 0 Å². The SMILES string of the molecule is COC(=O)NCCCCCC(N)=O. The lowest BCUT2D eigenvalue weighted by atomic mass is 10.2. The molecule has 0 rings (SSSR count). The van der Waals surface area contributed by atoms with Crippen LogP contribution in [0.4, 0.5) is 4.79 Å². The lowest BCUT2D eigenvalue weighted by molar-refractivity contribution is -0.118. The van der Waals surface area contributed by atoms with Crippen molar-refractivity contribution < 1.29 is 14.3 Å². The quantitative estimate of drug-likeness (QED) is 0.591. The van der Waals surface area contributed by atoms with Crippen LogP contribution in [0.25, 0.3) is 0 Å². The normalized spacial score (nSPS) is 9.31. The highest BCUT2D eigenvalue weighted by Gasteiger charge is 1.97. The Morgan fingerprint density at radius 3 is 2.54 bits per heavy atom. The standard InChI is InChI=1S/C8H16N2O3/c1-13-8(12)10-6-4-2-3-5-7(9)11/h2-6H2,1H3,(H2,9,11)(H,10,12).